The van der Waals surface area contributed by atoms with Crippen molar-refractivity contribution < 1.29 is 24.4 Å². The van der Waals surface area contributed by atoms with E-state index in [0.717, 1.165) is 0 Å². The van der Waals surface area contributed by atoms with Gasteiger partial charge < -0.3 is 9.84 Å². The molecule has 9 heteroatoms. The zero-order valence-electron chi connectivity index (χ0n) is 15.4. The molecule has 150 valence electrons. The Hall–Kier alpha value is -4.53. The fourth-order valence-corrected chi connectivity index (χ4v) is 2.43. The van der Waals surface area contributed by atoms with Gasteiger partial charge in [-0.15, -0.1) is 0 Å². The van der Waals surface area contributed by atoms with Crippen molar-refractivity contribution in [3.05, 3.63) is 99.6 Å². The number of hydrogen-bond donors (Lipinski definition) is 2. The van der Waals surface area contributed by atoms with Gasteiger partial charge in [0.2, 0.25) is 0 Å². The minimum atomic E-state index is -0.674. The number of nitro benzene ring substituents is 1. The number of non-ortho nitro benzene ring substituents is 1. The van der Waals surface area contributed by atoms with E-state index in [2.05, 4.69) is 10.5 Å². The van der Waals surface area contributed by atoms with Crippen LogP contribution in [0.25, 0.3) is 0 Å². The smallest absolute Gasteiger partial charge is 0.343 e. The second-order valence-corrected chi connectivity index (χ2v) is 5.98. The number of amides is 1. The molecule has 0 aliphatic rings. The van der Waals surface area contributed by atoms with Gasteiger partial charge in [-0.2, -0.15) is 5.10 Å². The van der Waals surface area contributed by atoms with Gasteiger partial charge in [0.15, 0.2) is 0 Å². The zero-order chi connectivity index (χ0) is 21.5. The number of aromatic hydroxyl groups is 1. The molecule has 9 nitrogen and oxygen atoms in total. The van der Waals surface area contributed by atoms with Crippen molar-refractivity contribution in [3.63, 3.8) is 0 Å². The van der Waals surface area contributed by atoms with Gasteiger partial charge in [-0.3, -0.25) is 14.9 Å². The summed E-state index contributed by atoms with van der Waals surface area (Å²) in [6.45, 7) is 0. The summed E-state index contributed by atoms with van der Waals surface area (Å²) in [4.78, 5) is 34.3. The molecule has 0 saturated heterocycles. The Kier molecular flexibility index (Phi) is 6.14. The normalized spacial score (nSPS) is 10.5. The average molecular weight is 405 g/mol. The summed E-state index contributed by atoms with van der Waals surface area (Å²) < 4.78 is 5.26. The molecular weight excluding hydrogens is 390 g/mol. The van der Waals surface area contributed by atoms with Crippen molar-refractivity contribution >= 4 is 23.8 Å². The monoisotopic (exact) mass is 405 g/mol. The van der Waals surface area contributed by atoms with Crippen LogP contribution < -0.4 is 10.2 Å². The van der Waals surface area contributed by atoms with E-state index in [0.29, 0.717) is 5.56 Å². The van der Waals surface area contributed by atoms with E-state index < -0.39 is 16.8 Å². The van der Waals surface area contributed by atoms with Crippen molar-refractivity contribution in [2.45, 2.75) is 0 Å². The van der Waals surface area contributed by atoms with Crippen LogP contribution in [-0.4, -0.2) is 28.1 Å². The van der Waals surface area contributed by atoms with E-state index >= 15 is 0 Å². The van der Waals surface area contributed by atoms with Crippen LogP contribution in [0.4, 0.5) is 5.69 Å². The van der Waals surface area contributed by atoms with Crippen molar-refractivity contribution in [2.24, 2.45) is 5.10 Å². The van der Waals surface area contributed by atoms with Gasteiger partial charge in [-0.25, -0.2) is 10.2 Å². The molecule has 0 saturated carbocycles. The van der Waals surface area contributed by atoms with Crippen LogP contribution >= 0.6 is 0 Å². The molecule has 30 heavy (non-hydrogen) atoms. The van der Waals surface area contributed by atoms with Crippen LogP contribution in [0.2, 0.25) is 0 Å². The maximum absolute atomic E-state index is 12.2. The molecule has 0 bridgehead atoms. The van der Waals surface area contributed by atoms with Crippen molar-refractivity contribution in [1.82, 2.24) is 5.43 Å². The molecule has 2 N–H and O–H groups in total. The van der Waals surface area contributed by atoms with E-state index in [-0.39, 0.29) is 28.3 Å². The lowest BCUT2D eigenvalue weighted by Gasteiger charge is -2.05. The highest BCUT2D eigenvalue weighted by molar-refractivity contribution is 5.97. The number of carbonyl (C=O) groups excluding carboxylic acids is 2. The van der Waals surface area contributed by atoms with E-state index in [4.69, 9.17) is 4.74 Å². The van der Waals surface area contributed by atoms with Gasteiger partial charge in [0, 0.05) is 12.1 Å². The summed E-state index contributed by atoms with van der Waals surface area (Å²) in [5.74, 6) is -1.18. The van der Waals surface area contributed by atoms with E-state index in [9.17, 15) is 24.8 Å². The number of carbonyl (C=O) groups is 2. The summed E-state index contributed by atoms with van der Waals surface area (Å²) in [6, 6.07) is 17.5. The number of para-hydroxylation sites is 1. The number of nitrogens with zero attached hydrogens (tertiary/aromatic N) is 2. The SMILES string of the molecule is O=C(Oc1cccc(C=NNC(=O)c2ccccc2O)c1)c1ccc([N+](=O)[O-])cc1. The lowest BCUT2D eigenvalue weighted by molar-refractivity contribution is -0.384. The van der Waals surface area contributed by atoms with E-state index in [1.165, 1.54) is 48.7 Å². The number of benzene rings is 3. The Morgan fingerprint density at radius 2 is 1.77 bits per heavy atom. The molecule has 3 rings (SSSR count). The predicted octanol–water partition coefficient (Wildman–Crippen LogP) is 3.28. The number of ether oxygens (including phenoxy) is 1. The summed E-state index contributed by atoms with van der Waals surface area (Å²) in [5.41, 5.74) is 2.96. The highest BCUT2D eigenvalue weighted by Gasteiger charge is 2.12. The Morgan fingerprint density at radius 3 is 2.47 bits per heavy atom. The quantitative estimate of drug-likeness (QED) is 0.213. The molecule has 0 aliphatic carbocycles. The number of esters is 1. The number of nitro groups is 1. The van der Waals surface area contributed by atoms with E-state index in [1.807, 2.05) is 0 Å². The van der Waals surface area contributed by atoms with Crippen LogP contribution in [0.5, 0.6) is 11.5 Å². The minimum Gasteiger partial charge on any atom is -0.507 e. The molecule has 0 fully saturated rings. The van der Waals surface area contributed by atoms with Crippen LogP contribution in [0.1, 0.15) is 26.3 Å². The second-order valence-electron chi connectivity index (χ2n) is 5.98. The summed E-state index contributed by atoms with van der Waals surface area (Å²) >= 11 is 0. The third-order valence-electron chi connectivity index (χ3n) is 3.91. The van der Waals surface area contributed by atoms with Crippen LogP contribution in [0.15, 0.2) is 77.9 Å². The lowest BCUT2D eigenvalue weighted by atomic mass is 10.2. The highest BCUT2D eigenvalue weighted by atomic mass is 16.6. The minimum absolute atomic E-state index is 0.0837. The third-order valence-corrected chi connectivity index (χ3v) is 3.91. The van der Waals surface area contributed by atoms with Crippen LogP contribution in [0.3, 0.4) is 0 Å². The maximum Gasteiger partial charge on any atom is 0.343 e. The Bertz CT molecular complexity index is 1130. The van der Waals surface area contributed by atoms with Crippen LogP contribution in [-0.2, 0) is 0 Å². The van der Waals surface area contributed by atoms with Crippen molar-refractivity contribution in [1.29, 1.82) is 0 Å². The third kappa shape index (κ3) is 5.04. The molecular formula is C21H15N3O6. The summed E-state index contributed by atoms with van der Waals surface area (Å²) in [5, 5.41) is 24.2. The number of hydrogen-bond acceptors (Lipinski definition) is 7. The van der Waals surface area contributed by atoms with Gasteiger partial charge in [0.1, 0.15) is 11.5 Å². The Morgan fingerprint density at radius 1 is 1.03 bits per heavy atom. The van der Waals surface area contributed by atoms with Crippen LogP contribution in [0, 0.1) is 10.1 Å². The average Bonchev–Trinajstić information content (AvgIpc) is 2.74. The number of nitrogens with one attached hydrogen (secondary N) is 1. The zero-order valence-corrected chi connectivity index (χ0v) is 15.4. The number of hydrazone groups is 1. The molecule has 1 amide bonds. The lowest BCUT2D eigenvalue weighted by Crippen LogP contribution is -2.17. The van der Waals surface area contributed by atoms with Gasteiger partial charge in [0.25, 0.3) is 11.6 Å². The van der Waals surface area contributed by atoms with Gasteiger partial charge in [-0.05, 0) is 42.0 Å². The summed E-state index contributed by atoms with van der Waals surface area (Å²) in [7, 11) is 0. The molecule has 3 aromatic rings. The van der Waals surface area contributed by atoms with Gasteiger partial charge in [-0.1, -0.05) is 24.3 Å². The first-order valence-electron chi connectivity index (χ1n) is 8.62. The molecule has 0 unspecified atom stereocenters. The number of rotatable bonds is 6. The molecule has 0 aliphatic heterocycles. The molecule has 0 heterocycles. The Labute approximate surface area is 170 Å². The van der Waals surface area contributed by atoms with Gasteiger partial charge >= 0.3 is 5.97 Å². The fraction of sp³-hybridized carbons (Fsp3) is 0. The first kappa shape index (κ1) is 20.2. The van der Waals surface area contributed by atoms with E-state index in [1.54, 1.807) is 30.3 Å². The standard InChI is InChI=1S/C21H15N3O6/c25-19-7-2-1-6-18(19)20(26)23-22-13-14-4-3-5-17(12-14)30-21(27)15-8-10-16(11-9-15)24(28)29/h1-13,25H,(H,23,26). The first-order valence-corrected chi connectivity index (χ1v) is 8.62. The summed E-state index contributed by atoms with van der Waals surface area (Å²) in [6.07, 6.45) is 1.35. The second kappa shape index (κ2) is 9.11. The number of phenolic OH excluding ortho intramolecular Hbond substituents is 1. The Balaban J connectivity index is 1.63. The molecule has 3 aromatic carbocycles. The molecule has 0 radical (unpaired) electrons. The highest BCUT2D eigenvalue weighted by Crippen LogP contribution is 2.17. The molecule has 0 atom stereocenters. The molecule has 0 aromatic heterocycles. The molecule has 0 spiro atoms. The predicted molar refractivity (Wildman–Crippen MR) is 108 cm³/mol. The van der Waals surface area contributed by atoms with Crippen molar-refractivity contribution in [3.8, 4) is 11.5 Å². The fourth-order valence-electron chi connectivity index (χ4n) is 2.43. The topological polar surface area (TPSA) is 131 Å². The maximum atomic E-state index is 12.2. The van der Waals surface area contributed by atoms with Crippen molar-refractivity contribution in [2.75, 3.05) is 0 Å². The number of phenols is 1. The first-order chi connectivity index (χ1) is 14.4. The largest absolute Gasteiger partial charge is 0.507 e. The van der Waals surface area contributed by atoms with Gasteiger partial charge in [0.05, 0.1) is 22.3 Å².